The highest BCUT2D eigenvalue weighted by atomic mass is 32.1. The lowest BCUT2D eigenvalue weighted by Gasteiger charge is -2.34. The first-order chi connectivity index (χ1) is 11.6. The molecule has 0 radical (unpaired) electrons. The van der Waals surface area contributed by atoms with Gasteiger partial charge in [0, 0.05) is 56.8 Å². The van der Waals surface area contributed by atoms with Crippen LogP contribution in [0.5, 0.6) is 0 Å². The lowest BCUT2D eigenvalue weighted by atomic mass is 10.2. The first-order valence-corrected chi connectivity index (χ1v) is 9.25. The summed E-state index contributed by atoms with van der Waals surface area (Å²) in [6.07, 6.45) is 4.77. The summed E-state index contributed by atoms with van der Waals surface area (Å²) in [5.41, 5.74) is 1.12. The first kappa shape index (κ1) is 16.8. The van der Waals surface area contributed by atoms with Crippen molar-refractivity contribution >= 4 is 23.2 Å². The molecule has 0 atom stereocenters. The van der Waals surface area contributed by atoms with Crippen molar-refractivity contribution in [2.45, 2.75) is 32.6 Å². The Bertz CT molecular complexity index is 665. The zero-order chi connectivity index (χ0) is 16.9. The summed E-state index contributed by atoms with van der Waals surface area (Å²) in [6, 6.07) is 1.81. The first-order valence-electron chi connectivity index (χ1n) is 8.37. The van der Waals surface area contributed by atoms with E-state index in [1.165, 1.54) is 0 Å². The van der Waals surface area contributed by atoms with Crippen LogP contribution < -0.4 is 4.90 Å². The molecule has 0 saturated carbocycles. The van der Waals surface area contributed by atoms with Gasteiger partial charge in [0.1, 0.15) is 0 Å². The molecule has 0 spiro atoms. The summed E-state index contributed by atoms with van der Waals surface area (Å²) in [5.74, 6) is 1.40. The van der Waals surface area contributed by atoms with Gasteiger partial charge in [0.25, 0.3) is 0 Å². The van der Waals surface area contributed by atoms with Gasteiger partial charge < -0.3 is 9.80 Å². The van der Waals surface area contributed by atoms with Crippen LogP contribution in [-0.4, -0.2) is 51.9 Å². The molecule has 1 aliphatic rings. The molecular formula is C17H23N5OS. The van der Waals surface area contributed by atoms with Crippen LogP contribution in [-0.2, 0) is 11.2 Å². The summed E-state index contributed by atoms with van der Waals surface area (Å²) in [6.45, 7) is 7.30. The predicted molar refractivity (Wildman–Crippen MR) is 95.3 cm³/mol. The van der Waals surface area contributed by atoms with Crippen LogP contribution >= 0.6 is 11.3 Å². The number of thiazole rings is 1. The second-order valence-corrected chi connectivity index (χ2v) is 7.18. The number of hydrogen-bond donors (Lipinski definition) is 0. The van der Waals surface area contributed by atoms with E-state index in [4.69, 9.17) is 0 Å². The number of amides is 1. The molecule has 6 nitrogen and oxygen atoms in total. The van der Waals surface area contributed by atoms with E-state index in [1.807, 2.05) is 11.0 Å². The van der Waals surface area contributed by atoms with Crippen molar-refractivity contribution in [3.63, 3.8) is 0 Å². The Balaban J connectivity index is 1.46. The van der Waals surface area contributed by atoms with Crippen LogP contribution in [0.3, 0.4) is 0 Å². The van der Waals surface area contributed by atoms with E-state index in [-0.39, 0.29) is 5.91 Å². The third kappa shape index (κ3) is 4.08. The van der Waals surface area contributed by atoms with E-state index in [1.54, 1.807) is 23.7 Å². The third-order valence-corrected chi connectivity index (χ3v) is 5.11. The van der Waals surface area contributed by atoms with Crippen molar-refractivity contribution < 1.29 is 4.79 Å². The van der Waals surface area contributed by atoms with E-state index in [0.29, 0.717) is 12.3 Å². The molecule has 0 aliphatic carbocycles. The molecule has 1 aliphatic heterocycles. The van der Waals surface area contributed by atoms with Gasteiger partial charge in [-0.15, -0.1) is 11.3 Å². The summed E-state index contributed by atoms with van der Waals surface area (Å²) in [5, 5.41) is 3.16. The maximum atomic E-state index is 12.4. The van der Waals surface area contributed by atoms with Gasteiger partial charge in [0.05, 0.1) is 10.7 Å². The van der Waals surface area contributed by atoms with E-state index < -0.39 is 0 Å². The fourth-order valence-corrected chi connectivity index (χ4v) is 3.65. The molecule has 1 saturated heterocycles. The monoisotopic (exact) mass is 345 g/mol. The fourth-order valence-electron chi connectivity index (χ4n) is 2.69. The van der Waals surface area contributed by atoms with Crippen molar-refractivity contribution in [3.05, 3.63) is 34.5 Å². The second kappa shape index (κ2) is 7.70. The van der Waals surface area contributed by atoms with E-state index in [0.717, 1.165) is 49.2 Å². The summed E-state index contributed by atoms with van der Waals surface area (Å²) in [7, 11) is 0. The Hall–Kier alpha value is -2.02. The van der Waals surface area contributed by atoms with Crippen LogP contribution in [0.1, 0.15) is 36.9 Å². The molecular weight excluding hydrogens is 322 g/mol. The number of aromatic nitrogens is 3. The summed E-state index contributed by atoms with van der Waals surface area (Å²) < 4.78 is 0. The standard InChI is InChI=1S/C17H23N5OS/c1-13(2)14-12-24-15(20-14)4-5-16(23)21-8-10-22(11-9-21)17-18-6-3-7-19-17/h3,6-7,12-13H,4-5,8-11H2,1-2H3. The minimum absolute atomic E-state index is 0.213. The minimum Gasteiger partial charge on any atom is -0.339 e. The molecule has 2 aromatic rings. The maximum Gasteiger partial charge on any atom is 0.225 e. The molecule has 1 amide bonds. The molecule has 0 unspecified atom stereocenters. The predicted octanol–water partition coefficient (Wildman–Crippen LogP) is 2.34. The number of carbonyl (C=O) groups excluding carboxylic acids is 1. The van der Waals surface area contributed by atoms with E-state index >= 15 is 0 Å². The van der Waals surface area contributed by atoms with E-state index in [9.17, 15) is 4.79 Å². The molecule has 24 heavy (non-hydrogen) atoms. The zero-order valence-electron chi connectivity index (χ0n) is 14.2. The van der Waals surface area contributed by atoms with Gasteiger partial charge in [-0.05, 0) is 12.0 Å². The van der Waals surface area contributed by atoms with Gasteiger partial charge in [0.2, 0.25) is 11.9 Å². The molecule has 1 fully saturated rings. The van der Waals surface area contributed by atoms with E-state index in [2.05, 4.69) is 39.1 Å². The number of aryl methyl sites for hydroxylation is 1. The molecule has 0 bridgehead atoms. The average molecular weight is 345 g/mol. The fraction of sp³-hybridized carbons (Fsp3) is 0.529. The van der Waals surface area contributed by atoms with Crippen LogP contribution in [0.25, 0.3) is 0 Å². The van der Waals surface area contributed by atoms with Gasteiger partial charge in [-0.1, -0.05) is 13.8 Å². The summed E-state index contributed by atoms with van der Waals surface area (Å²) >= 11 is 1.66. The van der Waals surface area contributed by atoms with Gasteiger partial charge in [-0.25, -0.2) is 15.0 Å². The second-order valence-electron chi connectivity index (χ2n) is 6.24. The minimum atomic E-state index is 0.213. The number of piperazine rings is 1. The van der Waals surface area contributed by atoms with Gasteiger partial charge >= 0.3 is 0 Å². The number of anilines is 1. The Labute approximate surface area is 146 Å². The number of nitrogens with zero attached hydrogens (tertiary/aromatic N) is 5. The Kier molecular flexibility index (Phi) is 5.40. The highest BCUT2D eigenvalue weighted by Crippen LogP contribution is 2.19. The topological polar surface area (TPSA) is 62.2 Å². The average Bonchev–Trinajstić information content (AvgIpc) is 3.10. The Morgan fingerprint density at radius 1 is 1.21 bits per heavy atom. The SMILES string of the molecule is CC(C)c1csc(CCC(=O)N2CCN(c3ncccn3)CC2)n1. The van der Waals surface area contributed by atoms with Crippen molar-refractivity contribution in [2.75, 3.05) is 31.1 Å². The third-order valence-electron chi connectivity index (χ3n) is 4.18. The highest BCUT2D eigenvalue weighted by Gasteiger charge is 2.22. The lowest BCUT2D eigenvalue weighted by Crippen LogP contribution is -2.49. The van der Waals surface area contributed by atoms with Gasteiger partial charge in [-0.2, -0.15) is 0 Å². The molecule has 128 valence electrons. The van der Waals surface area contributed by atoms with Crippen molar-refractivity contribution in [1.29, 1.82) is 0 Å². The number of rotatable bonds is 5. The Morgan fingerprint density at radius 3 is 2.54 bits per heavy atom. The van der Waals surface area contributed by atoms with Crippen molar-refractivity contribution in [3.8, 4) is 0 Å². The summed E-state index contributed by atoms with van der Waals surface area (Å²) in [4.78, 5) is 29.6. The number of hydrogen-bond acceptors (Lipinski definition) is 6. The maximum absolute atomic E-state index is 12.4. The molecule has 0 aromatic carbocycles. The van der Waals surface area contributed by atoms with Crippen LogP contribution in [0, 0.1) is 0 Å². The van der Waals surface area contributed by atoms with Crippen molar-refractivity contribution in [2.24, 2.45) is 0 Å². The van der Waals surface area contributed by atoms with Crippen molar-refractivity contribution in [1.82, 2.24) is 19.9 Å². The van der Waals surface area contributed by atoms with Gasteiger partial charge in [0.15, 0.2) is 0 Å². The molecule has 0 N–H and O–H groups in total. The molecule has 3 rings (SSSR count). The van der Waals surface area contributed by atoms with Crippen LogP contribution in [0.4, 0.5) is 5.95 Å². The molecule has 3 heterocycles. The Morgan fingerprint density at radius 2 is 1.92 bits per heavy atom. The largest absolute Gasteiger partial charge is 0.339 e. The van der Waals surface area contributed by atoms with Gasteiger partial charge in [-0.3, -0.25) is 4.79 Å². The quantitative estimate of drug-likeness (QED) is 0.832. The zero-order valence-corrected chi connectivity index (χ0v) is 15.0. The highest BCUT2D eigenvalue weighted by molar-refractivity contribution is 7.09. The van der Waals surface area contributed by atoms with Crippen LogP contribution in [0.2, 0.25) is 0 Å². The van der Waals surface area contributed by atoms with Crippen LogP contribution in [0.15, 0.2) is 23.8 Å². The molecule has 2 aromatic heterocycles. The number of carbonyl (C=O) groups is 1. The normalized spacial score (nSPS) is 15.1. The molecule has 7 heteroatoms. The smallest absolute Gasteiger partial charge is 0.225 e. The lowest BCUT2D eigenvalue weighted by molar-refractivity contribution is -0.131.